The van der Waals surface area contributed by atoms with Crippen LogP contribution in [-0.4, -0.2) is 59.7 Å². The van der Waals surface area contributed by atoms with Gasteiger partial charge < -0.3 is 0 Å². The largest absolute Gasteiger partial charge is 0.295 e. The number of likely N-dealkylation sites (tertiary alicyclic amines) is 1. The van der Waals surface area contributed by atoms with Crippen molar-refractivity contribution in [1.82, 2.24) is 14.9 Å². The van der Waals surface area contributed by atoms with E-state index in [0.29, 0.717) is 38.5 Å². The molecule has 4 rings (SSSR count). The molecule has 4 fully saturated rings. The minimum Gasteiger partial charge on any atom is -0.295 e. The Labute approximate surface area is 180 Å². The maximum Gasteiger partial charge on any atom is 0.249 e. The summed E-state index contributed by atoms with van der Waals surface area (Å²) in [5.74, 6) is -3.03. The number of halogens is 1. The molecule has 0 radical (unpaired) electrons. The summed E-state index contributed by atoms with van der Waals surface area (Å²) in [6, 6.07) is -1.38. The number of hydrogen-bond donors (Lipinski definition) is 2. The summed E-state index contributed by atoms with van der Waals surface area (Å²) in [7, 11) is -3.54. The van der Waals surface area contributed by atoms with E-state index < -0.39 is 56.9 Å². The lowest BCUT2D eigenvalue weighted by Crippen LogP contribution is -2.54. The molecule has 2 N–H and O–H groups in total. The number of imide groups is 2. The summed E-state index contributed by atoms with van der Waals surface area (Å²) in [4.78, 5) is 50.4. The molecular formula is C19H26ClN3O6S. The standard InChI is InChI=1S/C19H26ClN3O6S/c20-10-1-4-12(5-2-10)30(28,29)22-11-3-6-13-14(9-11)19(27)23(18(13)26)15-7-8-16(24)21-17(15)25/h10-15,22H,1-9H2,(H,21,24,25). The Morgan fingerprint density at radius 2 is 1.57 bits per heavy atom. The fraction of sp³-hybridized carbons (Fsp3) is 0.789. The van der Waals surface area contributed by atoms with Crippen LogP contribution in [0.3, 0.4) is 0 Å². The summed E-state index contributed by atoms with van der Waals surface area (Å²) >= 11 is 6.07. The van der Waals surface area contributed by atoms with Crippen molar-refractivity contribution in [3.63, 3.8) is 0 Å². The average molecular weight is 460 g/mol. The van der Waals surface area contributed by atoms with Crippen molar-refractivity contribution in [2.75, 3.05) is 0 Å². The lowest BCUT2D eigenvalue weighted by molar-refractivity contribution is -0.151. The number of amides is 4. The van der Waals surface area contributed by atoms with Gasteiger partial charge in [-0.05, 0) is 51.4 Å². The van der Waals surface area contributed by atoms with Gasteiger partial charge in [0.2, 0.25) is 33.7 Å². The molecule has 0 spiro atoms. The highest BCUT2D eigenvalue weighted by Crippen LogP contribution is 2.40. The lowest BCUT2D eigenvalue weighted by Gasteiger charge is -2.32. The molecule has 2 saturated carbocycles. The highest BCUT2D eigenvalue weighted by Gasteiger charge is 2.54. The molecule has 4 amide bonds. The molecular weight excluding hydrogens is 434 g/mol. The molecule has 2 heterocycles. The number of fused-ring (bicyclic) bond motifs is 1. The molecule has 2 aliphatic heterocycles. The summed E-state index contributed by atoms with van der Waals surface area (Å²) in [5, 5.41) is 1.72. The van der Waals surface area contributed by atoms with E-state index in [-0.39, 0.29) is 30.5 Å². The Bertz CT molecular complexity index is 869. The van der Waals surface area contributed by atoms with E-state index >= 15 is 0 Å². The normalized spacial score (nSPS) is 37.8. The zero-order valence-corrected chi connectivity index (χ0v) is 18.1. The van der Waals surface area contributed by atoms with E-state index in [1.807, 2.05) is 0 Å². The minimum atomic E-state index is -3.54. The van der Waals surface area contributed by atoms with Gasteiger partial charge >= 0.3 is 0 Å². The van der Waals surface area contributed by atoms with Crippen molar-refractivity contribution >= 4 is 45.3 Å². The van der Waals surface area contributed by atoms with E-state index in [2.05, 4.69) is 10.0 Å². The number of nitrogens with zero attached hydrogens (tertiary/aromatic N) is 1. The van der Waals surface area contributed by atoms with Crippen LogP contribution < -0.4 is 10.0 Å². The summed E-state index contributed by atoms with van der Waals surface area (Å²) < 4.78 is 28.3. The van der Waals surface area contributed by atoms with E-state index in [1.165, 1.54) is 0 Å². The number of rotatable bonds is 4. The first-order chi connectivity index (χ1) is 14.2. The third-order valence-corrected chi connectivity index (χ3v) is 9.30. The van der Waals surface area contributed by atoms with Crippen LogP contribution in [0.25, 0.3) is 0 Å². The Kier molecular flexibility index (Phi) is 5.93. The van der Waals surface area contributed by atoms with Gasteiger partial charge in [-0.25, -0.2) is 13.1 Å². The molecule has 166 valence electrons. The third-order valence-electron chi connectivity index (χ3n) is 6.85. The number of piperidine rings is 1. The Morgan fingerprint density at radius 1 is 0.900 bits per heavy atom. The maximum atomic E-state index is 13.0. The molecule has 0 bridgehead atoms. The van der Waals surface area contributed by atoms with Crippen molar-refractivity contribution in [2.45, 2.75) is 80.5 Å². The molecule has 2 aliphatic carbocycles. The SMILES string of the molecule is O=C1CCC(N2C(=O)C3CCC(NS(=O)(=O)C4CCC(Cl)CC4)CC3C2=O)C(=O)N1. The fourth-order valence-corrected chi connectivity index (χ4v) is 7.22. The number of nitrogens with one attached hydrogen (secondary N) is 2. The van der Waals surface area contributed by atoms with Crippen LogP contribution in [0.1, 0.15) is 57.8 Å². The molecule has 0 aromatic rings. The number of carbonyl (C=O) groups excluding carboxylic acids is 4. The number of alkyl halides is 1. The maximum absolute atomic E-state index is 13.0. The van der Waals surface area contributed by atoms with Gasteiger partial charge in [0.1, 0.15) is 6.04 Å². The highest BCUT2D eigenvalue weighted by atomic mass is 35.5. The number of hydrogen-bond acceptors (Lipinski definition) is 6. The second-order valence-electron chi connectivity index (χ2n) is 8.77. The van der Waals surface area contributed by atoms with Crippen LogP contribution in [0.4, 0.5) is 0 Å². The van der Waals surface area contributed by atoms with Crippen LogP contribution in [0.2, 0.25) is 0 Å². The van der Waals surface area contributed by atoms with Gasteiger partial charge in [-0.2, -0.15) is 0 Å². The number of carbonyl (C=O) groups is 4. The van der Waals surface area contributed by atoms with Crippen molar-refractivity contribution in [3.05, 3.63) is 0 Å². The molecule has 4 unspecified atom stereocenters. The predicted molar refractivity (Wildman–Crippen MR) is 107 cm³/mol. The third kappa shape index (κ3) is 4.01. The fourth-order valence-electron chi connectivity index (χ4n) is 5.21. The zero-order valence-electron chi connectivity index (χ0n) is 16.5. The Balaban J connectivity index is 1.42. The van der Waals surface area contributed by atoms with Crippen LogP contribution in [-0.2, 0) is 29.2 Å². The van der Waals surface area contributed by atoms with Gasteiger partial charge in [-0.15, -0.1) is 11.6 Å². The Morgan fingerprint density at radius 3 is 2.23 bits per heavy atom. The Hall–Kier alpha value is -1.52. The van der Waals surface area contributed by atoms with E-state index in [1.54, 1.807) is 0 Å². The van der Waals surface area contributed by atoms with Crippen LogP contribution in [0.15, 0.2) is 0 Å². The first-order valence-corrected chi connectivity index (χ1v) is 12.5. The second-order valence-corrected chi connectivity index (χ2v) is 11.4. The highest BCUT2D eigenvalue weighted by molar-refractivity contribution is 7.90. The first kappa shape index (κ1) is 21.7. The van der Waals surface area contributed by atoms with Crippen LogP contribution >= 0.6 is 11.6 Å². The zero-order chi connectivity index (χ0) is 21.6. The monoisotopic (exact) mass is 459 g/mol. The van der Waals surface area contributed by atoms with Gasteiger partial charge in [-0.1, -0.05) is 0 Å². The van der Waals surface area contributed by atoms with Crippen molar-refractivity contribution in [2.24, 2.45) is 11.8 Å². The van der Waals surface area contributed by atoms with E-state index in [0.717, 1.165) is 4.90 Å². The van der Waals surface area contributed by atoms with E-state index in [4.69, 9.17) is 11.6 Å². The first-order valence-electron chi connectivity index (χ1n) is 10.5. The second kappa shape index (κ2) is 8.20. The summed E-state index contributed by atoms with van der Waals surface area (Å²) in [5.41, 5.74) is 0. The molecule has 0 aromatic heterocycles. The van der Waals surface area contributed by atoms with Crippen molar-refractivity contribution < 1.29 is 27.6 Å². The van der Waals surface area contributed by atoms with Gasteiger partial charge in [0.15, 0.2) is 0 Å². The van der Waals surface area contributed by atoms with Gasteiger partial charge in [0.05, 0.1) is 17.1 Å². The predicted octanol–water partition coefficient (Wildman–Crippen LogP) is 0.415. The molecule has 9 nitrogen and oxygen atoms in total. The summed E-state index contributed by atoms with van der Waals surface area (Å²) in [6.07, 6.45) is 3.66. The quantitative estimate of drug-likeness (QED) is 0.462. The molecule has 4 atom stereocenters. The van der Waals surface area contributed by atoms with Crippen LogP contribution in [0, 0.1) is 11.8 Å². The smallest absolute Gasteiger partial charge is 0.249 e. The molecule has 2 saturated heterocycles. The van der Waals surface area contributed by atoms with Crippen LogP contribution in [0.5, 0.6) is 0 Å². The summed E-state index contributed by atoms with van der Waals surface area (Å²) in [6.45, 7) is 0. The number of sulfonamides is 1. The molecule has 0 aromatic carbocycles. The molecule has 4 aliphatic rings. The molecule has 11 heteroatoms. The van der Waals surface area contributed by atoms with Crippen molar-refractivity contribution in [1.29, 1.82) is 0 Å². The van der Waals surface area contributed by atoms with Gasteiger partial charge in [0, 0.05) is 17.8 Å². The van der Waals surface area contributed by atoms with Gasteiger partial charge in [-0.3, -0.25) is 29.4 Å². The molecule has 30 heavy (non-hydrogen) atoms. The average Bonchev–Trinajstić information content (AvgIpc) is 2.92. The topological polar surface area (TPSA) is 130 Å². The van der Waals surface area contributed by atoms with Crippen molar-refractivity contribution in [3.8, 4) is 0 Å². The van der Waals surface area contributed by atoms with E-state index in [9.17, 15) is 27.6 Å². The lowest BCUT2D eigenvalue weighted by atomic mass is 9.79. The van der Waals surface area contributed by atoms with Gasteiger partial charge in [0.25, 0.3) is 0 Å². The minimum absolute atomic E-state index is 0.0206.